The van der Waals surface area contributed by atoms with Gasteiger partial charge in [-0.25, -0.2) is 0 Å². The molecule has 3 aromatic rings. The van der Waals surface area contributed by atoms with Gasteiger partial charge in [0.1, 0.15) is 5.75 Å². The van der Waals surface area contributed by atoms with Gasteiger partial charge in [-0.2, -0.15) is 4.98 Å². The lowest BCUT2D eigenvalue weighted by atomic mass is 10.1. The summed E-state index contributed by atoms with van der Waals surface area (Å²) >= 11 is 6.15. The van der Waals surface area contributed by atoms with Gasteiger partial charge in [0.05, 0.1) is 11.6 Å². The predicted molar refractivity (Wildman–Crippen MR) is 107 cm³/mol. The van der Waals surface area contributed by atoms with E-state index in [4.69, 9.17) is 20.9 Å². The average molecular weight is 400 g/mol. The van der Waals surface area contributed by atoms with Crippen molar-refractivity contribution in [3.05, 3.63) is 64.5 Å². The average Bonchev–Trinajstić information content (AvgIpc) is 3.16. The van der Waals surface area contributed by atoms with E-state index in [1.54, 1.807) is 12.1 Å². The third kappa shape index (κ3) is 4.70. The van der Waals surface area contributed by atoms with Crippen molar-refractivity contribution in [3.63, 3.8) is 0 Å². The molecule has 0 radical (unpaired) electrons. The summed E-state index contributed by atoms with van der Waals surface area (Å²) in [4.78, 5) is 16.8. The summed E-state index contributed by atoms with van der Waals surface area (Å²) in [6.07, 6.45) is -0.0695. The molecule has 0 aliphatic carbocycles. The molecule has 6 nitrogen and oxygen atoms in total. The molecular formula is C21H22ClN3O3. The van der Waals surface area contributed by atoms with Crippen LogP contribution < -0.4 is 10.1 Å². The molecule has 0 saturated heterocycles. The van der Waals surface area contributed by atoms with Gasteiger partial charge in [-0.3, -0.25) is 4.79 Å². The molecule has 1 aromatic heterocycles. The van der Waals surface area contributed by atoms with Crippen LogP contribution in [0.3, 0.4) is 0 Å². The van der Waals surface area contributed by atoms with Crippen LogP contribution in [0.1, 0.15) is 30.4 Å². The van der Waals surface area contributed by atoms with Crippen LogP contribution in [0.15, 0.2) is 47.0 Å². The molecule has 1 amide bonds. The Hall–Kier alpha value is -2.86. The van der Waals surface area contributed by atoms with Crippen LogP contribution in [0.2, 0.25) is 5.02 Å². The lowest BCUT2D eigenvalue weighted by Gasteiger charge is -2.18. The Morgan fingerprint density at radius 2 is 2.04 bits per heavy atom. The van der Waals surface area contributed by atoms with E-state index in [1.165, 1.54) is 0 Å². The normalized spacial score (nSPS) is 11.9. The number of benzene rings is 2. The SMILES string of the molecule is CC[C@@H](Oc1cc(C)ccc1C)C(=O)NCc1nc(-c2ccccc2Cl)no1. The lowest BCUT2D eigenvalue weighted by molar-refractivity contribution is -0.128. The van der Waals surface area contributed by atoms with Crippen LogP contribution in [0.4, 0.5) is 0 Å². The van der Waals surface area contributed by atoms with Crippen molar-refractivity contribution >= 4 is 17.5 Å². The van der Waals surface area contributed by atoms with Gasteiger partial charge in [0.2, 0.25) is 11.7 Å². The first-order valence-corrected chi connectivity index (χ1v) is 9.44. The Balaban J connectivity index is 1.63. The zero-order valence-corrected chi connectivity index (χ0v) is 16.8. The van der Waals surface area contributed by atoms with Crippen molar-refractivity contribution in [2.75, 3.05) is 0 Å². The summed E-state index contributed by atoms with van der Waals surface area (Å²) < 4.78 is 11.1. The Bertz CT molecular complexity index is 971. The summed E-state index contributed by atoms with van der Waals surface area (Å²) in [5.41, 5.74) is 2.74. The van der Waals surface area contributed by atoms with Crippen molar-refractivity contribution in [1.29, 1.82) is 0 Å². The third-order valence-corrected chi connectivity index (χ3v) is 4.60. The molecule has 7 heteroatoms. The van der Waals surface area contributed by atoms with Crippen molar-refractivity contribution < 1.29 is 14.1 Å². The van der Waals surface area contributed by atoms with E-state index in [1.807, 2.05) is 51.1 Å². The molecule has 1 atom stereocenters. The van der Waals surface area contributed by atoms with Gasteiger partial charge < -0.3 is 14.6 Å². The molecule has 0 saturated carbocycles. The Labute approximate surface area is 168 Å². The predicted octanol–water partition coefficient (Wildman–Crippen LogP) is 4.48. The molecule has 28 heavy (non-hydrogen) atoms. The van der Waals surface area contributed by atoms with E-state index in [2.05, 4.69) is 15.5 Å². The highest BCUT2D eigenvalue weighted by Crippen LogP contribution is 2.25. The number of halogens is 1. The quantitative estimate of drug-likeness (QED) is 0.633. The topological polar surface area (TPSA) is 77.2 Å². The highest BCUT2D eigenvalue weighted by Gasteiger charge is 2.20. The van der Waals surface area contributed by atoms with Crippen molar-refractivity contribution in [3.8, 4) is 17.1 Å². The molecule has 1 N–H and O–H groups in total. The first-order valence-electron chi connectivity index (χ1n) is 9.07. The van der Waals surface area contributed by atoms with Gasteiger partial charge in [-0.15, -0.1) is 0 Å². The number of rotatable bonds is 7. The maximum absolute atomic E-state index is 12.5. The number of aryl methyl sites for hydroxylation is 2. The summed E-state index contributed by atoms with van der Waals surface area (Å²) in [6, 6.07) is 13.1. The summed E-state index contributed by atoms with van der Waals surface area (Å²) in [5.74, 6) is 1.15. The standard InChI is InChI=1S/C21H22ClN3O3/c1-4-17(27-18-11-13(2)9-10-14(18)3)21(26)23-12-19-24-20(25-28-19)15-7-5-6-8-16(15)22/h5-11,17H,4,12H2,1-3H3,(H,23,26)/t17-/m1/s1. The van der Waals surface area contributed by atoms with Gasteiger partial charge in [0, 0.05) is 5.56 Å². The van der Waals surface area contributed by atoms with Gasteiger partial charge in [-0.1, -0.05) is 47.9 Å². The molecule has 0 bridgehead atoms. The number of carbonyl (C=O) groups excluding carboxylic acids is 1. The van der Waals surface area contributed by atoms with Crippen molar-refractivity contribution in [2.45, 2.75) is 39.8 Å². The van der Waals surface area contributed by atoms with Gasteiger partial charge >= 0.3 is 0 Å². The van der Waals surface area contributed by atoms with Crippen LogP contribution in [0, 0.1) is 13.8 Å². The minimum Gasteiger partial charge on any atom is -0.480 e. The van der Waals surface area contributed by atoms with Gasteiger partial charge in [0.25, 0.3) is 5.91 Å². The Kier molecular flexibility index (Phi) is 6.31. The minimum absolute atomic E-state index is 0.114. The van der Waals surface area contributed by atoms with Crippen LogP contribution in [0.25, 0.3) is 11.4 Å². The zero-order valence-electron chi connectivity index (χ0n) is 16.0. The van der Waals surface area contributed by atoms with E-state index in [9.17, 15) is 4.79 Å². The number of hydrogen-bond acceptors (Lipinski definition) is 5. The van der Waals surface area contributed by atoms with Gasteiger partial charge in [0.15, 0.2) is 6.10 Å². The minimum atomic E-state index is -0.605. The van der Waals surface area contributed by atoms with E-state index in [0.29, 0.717) is 34.5 Å². The molecule has 0 fully saturated rings. The maximum atomic E-state index is 12.5. The Morgan fingerprint density at radius 3 is 2.79 bits per heavy atom. The molecule has 146 valence electrons. The van der Waals surface area contributed by atoms with E-state index in [0.717, 1.165) is 11.1 Å². The second-order valence-electron chi connectivity index (χ2n) is 6.49. The van der Waals surface area contributed by atoms with Crippen LogP contribution in [0.5, 0.6) is 5.75 Å². The molecule has 3 rings (SSSR count). The molecule has 1 heterocycles. The molecule has 0 unspecified atom stereocenters. The maximum Gasteiger partial charge on any atom is 0.261 e. The third-order valence-electron chi connectivity index (χ3n) is 4.27. The highest BCUT2D eigenvalue weighted by molar-refractivity contribution is 6.33. The van der Waals surface area contributed by atoms with Crippen LogP contribution >= 0.6 is 11.6 Å². The number of ether oxygens (including phenoxy) is 1. The fourth-order valence-corrected chi connectivity index (χ4v) is 2.89. The first-order chi connectivity index (χ1) is 13.5. The number of aromatic nitrogens is 2. The molecule has 0 aliphatic heterocycles. The second kappa shape index (κ2) is 8.89. The number of amides is 1. The number of nitrogens with zero attached hydrogens (tertiary/aromatic N) is 2. The lowest BCUT2D eigenvalue weighted by Crippen LogP contribution is -2.37. The summed E-state index contributed by atoms with van der Waals surface area (Å²) in [7, 11) is 0. The number of nitrogens with one attached hydrogen (secondary N) is 1. The molecule has 2 aromatic carbocycles. The molecule has 0 aliphatic rings. The number of carbonyl (C=O) groups is 1. The second-order valence-corrected chi connectivity index (χ2v) is 6.90. The van der Waals surface area contributed by atoms with Crippen molar-refractivity contribution in [2.24, 2.45) is 0 Å². The van der Waals surface area contributed by atoms with E-state index >= 15 is 0 Å². The van der Waals surface area contributed by atoms with Crippen LogP contribution in [-0.2, 0) is 11.3 Å². The smallest absolute Gasteiger partial charge is 0.261 e. The first kappa shape index (κ1) is 19.9. The van der Waals surface area contributed by atoms with Crippen LogP contribution in [-0.4, -0.2) is 22.2 Å². The fraction of sp³-hybridized carbons (Fsp3) is 0.286. The van der Waals surface area contributed by atoms with E-state index < -0.39 is 6.10 Å². The molecule has 0 spiro atoms. The Morgan fingerprint density at radius 1 is 1.25 bits per heavy atom. The van der Waals surface area contributed by atoms with E-state index in [-0.39, 0.29) is 12.5 Å². The molecular weight excluding hydrogens is 378 g/mol. The monoisotopic (exact) mass is 399 g/mol. The van der Waals surface area contributed by atoms with Crippen molar-refractivity contribution in [1.82, 2.24) is 15.5 Å². The largest absolute Gasteiger partial charge is 0.480 e. The zero-order chi connectivity index (χ0) is 20.1. The summed E-state index contributed by atoms with van der Waals surface area (Å²) in [6.45, 7) is 5.95. The number of hydrogen-bond donors (Lipinski definition) is 1. The van der Waals surface area contributed by atoms with Gasteiger partial charge in [-0.05, 0) is 49.6 Å². The fourth-order valence-electron chi connectivity index (χ4n) is 2.66. The summed E-state index contributed by atoms with van der Waals surface area (Å²) in [5, 5.41) is 7.25. The highest BCUT2D eigenvalue weighted by atomic mass is 35.5.